The van der Waals surface area contributed by atoms with E-state index < -0.39 is 17.7 Å². The minimum absolute atomic E-state index is 0.0354. The third-order valence-electron chi connectivity index (χ3n) is 9.45. The molecule has 1 saturated heterocycles. The van der Waals surface area contributed by atoms with Crippen LogP contribution in [-0.4, -0.2) is 68.4 Å². The predicted molar refractivity (Wildman–Crippen MR) is 186 cm³/mol. The number of rotatable bonds is 11. The van der Waals surface area contributed by atoms with E-state index in [1.165, 1.54) is 12.1 Å². The number of aromatic nitrogens is 1. The lowest BCUT2D eigenvalue weighted by Crippen LogP contribution is -2.38. The van der Waals surface area contributed by atoms with Crippen molar-refractivity contribution < 1.29 is 30.0 Å². The van der Waals surface area contributed by atoms with Gasteiger partial charge in [0, 0.05) is 36.7 Å². The molecule has 0 saturated carbocycles. The molecule has 6 N–H and O–H groups in total. The lowest BCUT2D eigenvalue weighted by Gasteiger charge is -2.33. The summed E-state index contributed by atoms with van der Waals surface area (Å²) in [4.78, 5) is 41.7. The number of likely N-dealkylation sites (tertiary alicyclic amines) is 1. The van der Waals surface area contributed by atoms with Crippen LogP contribution in [0.4, 0.5) is 0 Å². The van der Waals surface area contributed by atoms with Crippen LogP contribution < -0.4 is 10.9 Å². The highest BCUT2D eigenvalue weighted by atomic mass is 16.4. The number of aromatic amines is 1. The van der Waals surface area contributed by atoms with E-state index in [9.17, 15) is 34.8 Å². The van der Waals surface area contributed by atoms with Crippen molar-refractivity contribution in [1.29, 1.82) is 0 Å². The summed E-state index contributed by atoms with van der Waals surface area (Å²) in [7, 11) is 0. The number of fused-ring (bicyclic) bond motifs is 1. The molecule has 10 heteroatoms. The number of piperidine rings is 1. The van der Waals surface area contributed by atoms with Crippen LogP contribution in [-0.2, 0) is 16.8 Å². The van der Waals surface area contributed by atoms with E-state index in [1.807, 2.05) is 35.2 Å². The van der Waals surface area contributed by atoms with Crippen LogP contribution in [0.5, 0.6) is 5.75 Å². The first kappa shape index (κ1) is 33.6. The monoisotopic (exact) mass is 661 g/mol. The zero-order valence-electron chi connectivity index (χ0n) is 26.9. The van der Waals surface area contributed by atoms with Crippen LogP contribution in [0.25, 0.3) is 10.9 Å². The predicted octanol–water partition coefficient (Wildman–Crippen LogP) is 4.44. The maximum absolute atomic E-state index is 13.3. The number of nitrogens with one attached hydrogen (secondary N) is 2. The Balaban J connectivity index is 1.00. The van der Waals surface area contributed by atoms with Crippen LogP contribution in [0.2, 0.25) is 0 Å². The Morgan fingerprint density at radius 1 is 0.898 bits per heavy atom. The number of carboxylic acid groups (broad SMARTS) is 1. The van der Waals surface area contributed by atoms with E-state index >= 15 is 0 Å². The third-order valence-corrected chi connectivity index (χ3v) is 9.45. The van der Waals surface area contributed by atoms with Crippen LogP contribution in [0.3, 0.4) is 0 Å². The molecular weight excluding hydrogens is 622 g/mol. The zero-order chi connectivity index (χ0) is 34.5. The van der Waals surface area contributed by atoms with Crippen molar-refractivity contribution in [2.45, 2.75) is 36.9 Å². The quantitative estimate of drug-likeness (QED) is 0.113. The summed E-state index contributed by atoms with van der Waals surface area (Å²) in [5.41, 5.74) is 1.60. The number of benzene rings is 4. The number of phenols is 1. The molecule has 0 bridgehead atoms. The molecular formula is C39H39N3O7. The minimum Gasteiger partial charge on any atom is -0.506 e. The van der Waals surface area contributed by atoms with Crippen LogP contribution in [0, 0.1) is 0 Å². The fourth-order valence-corrected chi connectivity index (χ4v) is 6.65. The maximum Gasteiger partial charge on any atom is 0.345 e. The van der Waals surface area contributed by atoms with Gasteiger partial charge in [0.05, 0.1) is 11.6 Å². The maximum atomic E-state index is 13.3. The van der Waals surface area contributed by atoms with E-state index in [2.05, 4.69) is 10.3 Å². The van der Waals surface area contributed by atoms with Gasteiger partial charge in [-0.05, 0) is 83.8 Å². The molecule has 252 valence electrons. The van der Waals surface area contributed by atoms with Gasteiger partial charge in [0.2, 0.25) is 11.2 Å². The van der Waals surface area contributed by atoms with Gasteiger partial charge in [0.15, 0.2) is 0 Å². The molecule has 49 heavy (non-hydrogen) atoms. The molecule has 1 amide bonds. The van der Waals surface area contributed by atoms with Gasteiger partial charge in [-0.15, -0.1) is 0 Å². The summed E-state index contributed by atoms with van der Waals surface area (Å²) < 4.78 is 0. The molecule has 2 heterocycles. The number of hydrogen-bond donors (Lipinski definition) is 6. The van der Waals surface area contributed by atoms with Gasteiger partial charge in [0.1, 0.15) is 5.75 Å². The van der Waals surface area contributed by atoms with Gasteiger partial charge in [-0.1, -0.05) is 72.8 Å². The molecule has 0 spiro atoms. The summed E-state index contributed by atoms with van der Waals surface area (Å²) in [6, 6.07) is 29.1. The van der Waals surface area contributed by atoms with Gasteiger partial charge in [-0.2, -0.15) is 0 Å². The SMILES string of the molecule is O=C(c1ccc(CCNCC(O)c2ccc(O)c3[nH]c(=O)ccc23)cc1)N1CCC(c2cccc(C(O)(C(=O)O)c3ccccc3)c2)CC1. The zero-order valence-corrected chi connectivity index (χ0v) is 26.9. The van der Waals surface area contributed by atoms with Crippen molar-refractivity contribution in [2.24, 2.45) is 0 Å². The van der Waals surface area contributed by atoms with Crippen molar-refractivity contribution in [2.75, 3.05) is 26.2 Å². The Hall–Kier alpha value is -5.29. The summed E-state index contributed by atoms with van der Waals surface area (Å²) in [6.45, 7) is 2.01. The van der Waals surface area contributed by atoms with Gasteiger partial charge >= 0.3 is 5.97 Å². The molecule has 1 aliphatic rings. The molecule has 1 aliphatic heterocycles. The smallest absolute Gasteiger partial charge is 0.345 e. The molecule has 2 unspecified atom stereocenters. The number of carbonyl (C=O) groups is 2. The van der Waals surface area contributed by atoms with E-state index in [4.69, 9.17) is 0 Å². The Morgan fingerprint density at radius 3 is 2.33 bits per heavy atom. The van der Waals surface area contributed by atoms with Crippen molar-refractivity contribution in [3.8, 4) is 5.75 Å². The summed E-state index contributed by atoms with van der Waals surface area (Å²) >= 11 is 0. The minimum atomic E-state index is -2.16. The number of aliphatic carboxylic acids is 1. The number of aliphatic hydroxyl groups is 2. The first-order valence-corrected chi connectivity index (χ1v) is 16.4. The van der Waals surface area contributed by atoms with Gasteiger partial charge in [0.25, 0.3) is 5.91 Å². The average Bonchev–Trinajstić information content (AvgIpc) is 3.13. The van der Waals surface area contributed by atoms with Crippen molar-refractivity contribution >= 4 is 22.8 Å². The van der Waals surface area contributed by atoms with Gasteiger partial charge < -0.3 is 35.6 Å². The largest absolute Gasteiger partial charge is 0.506 e. The number of aliphatic hydroxyl groups excluding tert-OH is 1. The average molecular weight is 662 g/mol. The van der Waals surface area contributed by atoms with Crippen LogP contribution in [0.15, 0.2) is 108 Å². The Morgan fingerprint density at radius 2 is 1.61 bits per heavy atom. The molecule has 1 fully saturated rings. The van der Waals surface area contributed by atoms with E-state index in [-0.39, 0.29) is 29.7 Å². The summed E-state index contributed by atoms with van der Waals surface area (Å²) in [5, 5.41) is 46.0. The van der Waals surface area contributed by atoms with Crippen LogP contribution >= 0.6 is 0 Å². The lowest BCUT2D eigenvalue weighted by atomic mass is 9.82. The lowest BCUT2D eigenvalue weighted by molar-refractivity contribution is -0.155. The summed E-state index contributed by atoms with van der Waals surface area (Å²) in [5.74, 6) is -1.30. The standard InChI is InChI=1S/C39H39N3O7/c43-33-15-13-31(32-14-16-35(45)41-36(32)33)34(44)24-40-20-17-25-9-11-27(12-10-25)37(46)42-21-18-26(19-22-42)28-5-4-8-30(23-28)39(49,38(47)48)29-6-2-1-3-7-29/h1-16,23,26,34,40,43-44,49H,17-22,24H2,(H,41,45)(H,47,48). The molecule has 6 rings (SSSR count). The highest BCUT2D eigenvalue weighted by molar-refractivity contribution is 5.94. The Labute approximate surface area is 283 Å². The number of hydrogen-bond acceptors (Lipinski definition) is 7. The highest BCUT2D eigenvalue weighted by Gasteiger charge is 2.40. The number of H-pyrrole nitrogens is 1. The third kappa shape index (κ3) is 7.12. The number of phenolic OH excluding ortho intramolecular Hbond substituents is 1. The number of amides is 1. The Kier molecular flexibility index (Phi) is 9.91. The van der Waals surface area contributed by atoms with Crippen molar-refractivity contribution in [3.63, 3.8) is 0 Å². The topological polar surface area (TPSA) is 163 Å². The first-order valence-electron chi connectivity index (χ1n) is 16.4. The number of aromatic hydroxyl groups is 1. The van der Waals surface area contributed by atoms with E-state index in [1.54, 1.807) is 60.7 Å². The number of pyridine rings is 1. The second kappa shape index (κ2) is 14.4. The van der Waals surface area contributed by atoms with Crippen LogP contribution in [0.1, 0.15) is 63.0 Å². The molecule has 1 aromatic heterocycles. The fourth-order valence-electron chi connectivity index (χ4n) is 6.65. The van der Waals surface area contributed by atoms with Gasteiger partial charge in [-0.25, -0.2) is 4.79 Å². The molecule has 0 aliphatic carbocycles. The fraction of sp³-hybridized carbons (Fsp3) is 0.256. The van der Waals surface area contributed by atoms with Gasteiger partial charge in [-0.3, -0.25) is 9.59 Å². The molecule has 2 atom stereocenters. The number of carboxylic acids is 1. The van der Waals surface area contributed by atoms with E-state index in [0.29, 0.717) is 59.2 Å². The Bertz CT molecular complexity index is 2000. The van der Waals surface area contributed by atoms with Crippen molar-refractivity contribution in [3.05, 3.63) is 147 Å². The molecule has 10 nitrogen and oxygen atoms in total. The first-order chi connectivity index (χ1) is 23.6. The second-order valence-corrected chi connectivity index (χ2v) is 12.5. The normalized spacial score (nSPS) is 15.5. The summed E-state index contributed by atoms with van der Waals surface area (Å²) in [6.07, 6.45) is 1.29. The highest BCUT2D eigenvalue weighted by Crippen LogP contribution is 2.35. The molecule has 4 aromatic carbocycles. The molecule has 5 aromatic rings. The molecule has 0 radical (unpaired) electrons. The second-order valence-electron chi connectivity index (χ2n) is 12.5. The van der Waals surface area contributed by atoms with Crippen molar-refractivity contribution in [1.82, 2.24) is 15.2 Å². The van der Waals surface area contributed by atoms with E-state index in [0.717, 1.165) is 24.0 Å². The number of nitrogens with zero attached hydrogens (tertiary/aromatic N) is 1. The number of carbonyl (C=O) groups excluding carboxylic acids is 1.